The van der Waals surface area contributed by atoms with Crippen LogP contribution in [0, 0.1) is 11.3 Å². The van der Waals surface area contributed by atoms with Gasteiger partial charge in [-0.2, -0.15) is 0 Å². The molecule has 1 aromatic carbocycles. The summed E-state index contributed by atoms with van der Waals surface area (Å²) in [7, 11) is -2.80. The number of methoxy groups -OCH3 is 1. The Morgan fingerprint density at radius 3 is 2.35 bits per heavy atom. The molecule has 1 saturated heterocycles. The summed E-state index contributed by atoms with van der Waals surface area (Å²) < 4.78 is 42.6. The van der Waals surface area contributed by atoms with E-state index in [1.807, 2.05) is 0 Å². The fraction of sp³-hybridized carbons (Fsp3) is 0.562. The molecule has 268 valence electrons. The van der Waals surface area contributed by atoms with Crippen molar-refractivity contribution in [1.82, 2.24) is 20.3 Å². The van der Waals surface area contributed by atoms with Crippen molar-refractivity contribution in [2.24, 2.45) is 11.3 Å². The predicted octanol–water partition coefficient (Wildman–Crippen LogP) is 1.82. The Morgan fingerprint density at radius 1 is 1.10 bits per heavy atom. The zero-order valence-corrected chi connectivity index (χ0v) is 28.9. The first kappa shape index (κ1) is 37.2. The molecule has 1 heterocycles. The molecule has 2 saturated carbocycles. The van der Waals surface area contributed by atoms with Gasteiger partial charge in [-0.1, -0.05) is 39.0 Å². The van der Waals surface area contributed by atoms with Crippen LogP contribution in [0.2, 0.25) is 0 Å². The van der Waals surface area contributed by atoms with Crippen molar-refractivity contribution in [3.8, 4) is 0 Å². The highest BCUT2D eigenvalue weighted by molar-refractivity contribution is 7.91. The number of hydrogen-bond acceptors (Lipinski definition) is 11. The van der Waals surface area contributed by atoms with Crippen molar-refractivity contribution in [3.05, 3.63) is 42.5 Å². The fourth-order valence-electron chi connectivity index (χ4n) is 5.66. The third-order valence-corrected chi connectivity index (χ3v) is 10.4. The second kappa shape index (κ2) is 14.4. The van der Waals surface area contributed by atoms with Crippen LogP contribution in [-0.2, 0) is 38.6 Å². The number of esters is 1. The number of sulfonamides is 1. The molecule has 1 aromatic rings. The van der Waals surface area contributed by atoms with E-state index in [4.69, 9.17) is 14.2 Å². The molecule has 3 aliphatic rings. The van der Waals surface area contributed by atoms with Gasteiger partial charge >= 0.3 is 18.2 Å². The van der Waals surface area contributed by atoms with Gasteiger partial charge in [0.15, 0.2) is 0 Å². The number of anilines is 1. The molecule has 3 fully saturated rings. The minimum absolute atomic E-state index is 0.0750. The zero-order valence-electron chi connectivity index (χ0n) is 28.1. The first-order chi connectivity index (χ1) is 23.0. The molecular formula is C32H43N5O11S. The summed E-state index contributed by atoms with van der Waals surface area (Å²) in [4.78, 5) is 80.1. The Labute approximate surface area is 284 Å². The third-order valence-electron chi connectivity index (χ3n) is 8.59. The lowest BCUT2D eigenvalue weighted by Crippen LogP contribution is -2.60. The van der Waals surface area contributed by atoms with Gasteiger partial charge in [0, 0.05) is 12.3 Å². The summed E-state index contributed by atoms with van der Waals surface area (Å²) in [6.07, 6.45) is -0.787. The van der Waals surface area contributed by atoms with Crippen molar-refractivity contribution in [1.29, 1.82) is 0 Å². The lowest BCUT2D eigenvalue weighted by molar-refractivity contribution is -0.142. The highest BCUT2D eigenvalue weighted by Crippen LogP contribution is 2.45. The average Bonchev–Trinajstić information content (AvgIpc) is 3.96. The van der Waals surface area contributed by atoms with E-state index in [0.29, 0.717) is 12.8 Å². The van der Waals surface area contributed by atoms with E-state index < -0.39 is 86.2 Å². The SMILES string of the molecule is C=CC1CC1(NC(=O)C1CC(OC(=O)Nc2ccccc2C(=O)OCC)CN1C(=O)C(NC(=O)OC)C(C)(C)C)C(=O)NS(=O)(=O)C1CC1. The largest absolute Gasteiger partial charge is 0.462 e. The number of likely N-dealkylation sites (tertiary alicyclic amines) is 1. The second-order valence-corrected chi connectivity index (χ2v) is 15.2. The number of carbonyl (C=O) groups excluding carboxylic acids is 6. The van der Waals surface area contributed by atoms with Gasteiger partial charge in [-0.3, -0.25) is 24.4 Å². The molecule has 2 aliphatic carbocycles. The summed E-state index contributed by atoms with van der Waals surface area (Å²) in [6, 6.07) is 3.61. The highest BCUT2D eigenvalue weighted by Gasteiger charge is 2.62. The number of rotatable bonds is 12. The van der Waals surface area contributed by atoms with Crippen molar-refractivity contribution in [2.75, 3.05) is 25.6 Å². The van der Waals surface area contributed by atoms with Gasteiger partial charge in [-0.25, -0.2) is 22.8 Å². The van der Waals surface area contributed by atoms with Crippen LogP contribution in [0.15, 0.2) is 36.9 Å². The number of ether oxygens (including phenoxy) is 3. The highest BCUT2D eigenvalue weighted by atomic mass is 32.2. The number of alkyl carbamates (subject to hydrolysis) is 1. The van der Waals surface area contributed by atoms with Gasteiger partial charge in [0.2, 0.25) is 21.8 Å². The van der Waals surface area contributed by atoms with Crippen molar-refractivity contribution < 1.29 is 51.4 Å². The molecule has 17 heteroatoms. The van der Waals surface area contributed by atoms with Crippen molar-refractivity contribution >= 4 is 51.6 Å². The lowest BCUT2D eigenvalue weighted by atomic mass is 9.85. The van der Waals surface area contributed by atoms with E-state index in [1.165, 1.54) is 18.2 Å². The van der Waals surface area contributed by atoms with E-state index >= 15 is 0 Å². The minimum atomic E-state index is -3.94. The van der Waals surface area contributed by atoms with E-state index in [2.05, 4.69) is 27.3 Å². The van der Waals surface area contributed by atoms with Crippen LogP contribution in [0.1, 0.15) is 63.7 Å². The molecule has 0 radical (unpaired) electrons. The van der Waals surface area contributed by atoms with E-state index in [9.17, 15) is 37.2 Å². The van der Waals surface area contributed by atoms with Gasteiger partial charge in [0.1, 0.15) is 23.7 Å². The topological polar surface area (TPSA) is 216 Å². The number of carbonyl (C=O) groups is 6. The summed E-state index contributed by atoms with van der Waals surface area (Å²) in [5, 5.41) is 6.97. The van der Waals surface area contributed by atoms with Crippen LogP contribution < -0.4 is 20.7 Å². The van der Waals surface area contributed by atoms with E-state index in [-0.39, 0.29) is 37.2 Å². The Kier molecular flexibility index (Phi) is 10.9. The summed E-state index contributed by atoms with van der Waals surface area (Å²) in [5.74, 6) is -3.66. The number of benzene rings is 1. The zero-order chi connectivity index (χ0) is 36.3. The summed E-state index contributed by atoms with van der Waals surface area (Å²) >= 11 is 0. The van der Waals surface area contributed by atoms with Crippen LogP contribution in [0.5, 0.6) is 0 Å². The van der Waals surface area contributed by atoms with E-state index in [0.717, 1.165) is 12.0 Å². The Hall–Kier alpha value is -4.67. The molecule has 1 aliphatic heterocycles. The van der Waals surface area contributed by atoms with Gasteiger partial charge in [-0.05, 0) is 43.7 Å². The first-order valence-electron chi connectivity index (χ1n) is 15.9. The quantitative estimate of drug-likeness (QED) is 0.140. The Balaban J connectivity index is 1.58. The molecule has 49 heavy (non-hydrogen) atoms. The number of nitrogens with one attached hydrogen (secondary N) is 4. The number of para-hydroxylation sites is 1. The monoisotopic (exact) mass is 705 g/mol. The van der Waals surface area contributed by atoms with Crippen LogP contribution in [0.3, 0.4) is 0 Å². The van der Waals surface area contributed by atoms with Crippen LogP contribution in [0.25, 0.3) is 0 Å². The standard InChI is InChI=1S/C32H43N5O11S/c1-7-18-16-32(18,28(41)36-49(44,45)20-13-14-20)35-25(38)23-15-19(17-37(23)26(39)24(31(3,4)5)34-29(42)46-6)48-30(43)33-22-12-10-9-11-21(22)27(40)47-8-2/h7,9-12,18-20,23-24H,1,8,13-17H2,2-6H3,(H,33,43)(H,34,42)(H,35,38)(H,36,41). The summed E-state index contributed by atoms with van der Waals surface area (Å²) in [5.41, 5.74) is -2.31. The lowest BCUT2D eigenvalue weighted by Gasteiger charge is -2.35. The smallest absolute Gasteiger partial charge is 0.411 e. The van der Waals surface area contributed by atoms with Crippen molar-refractivity contribution in [2.45, 2.75) is 82.4 Å². The number of nitrogens with zero attached hydrogens (tertiary/aromatic N) is 1. The molecule has 4 N–H and O–H groups in total. The van der Waals surface area contributed by atoms with Gasteiger partial charge in [-0.15, -0.1) is 6.58 Å². The van der Waals surface area contributed by atoms with Gasteiger partial charge in [0.25, 0.3) is 5.91 Å². The van der Waals surface area contributed by atoms with Gasteiger partial charge in [0.05, 0.1) is 36.8 Å². The van der Waals surface area contributed by atoms with E-state index in [1.54, 1.807) is 39.8 Å². The predicted molar refractivity (Wildman–Crippen MR) is 174 cm³/mol. The Bertz CT molecular complexity index is 1620. The number of hydrogen-bond donors (Lipinski definition) is 4. The Morgan fingerprint density at radius 2 is 1.78 bits per heavy atom. The summed E-state index contributed by atoms with van der Waals surface area (Å²) in [6.45, 7) is 10.2. The molecule has 4 rings (SSSR count). The third kappa shape index (κ3) is 8.50. The molecular weight excluding hydrogens is 662 g/mol. The van der Waals surface area contributed by atoms with Crippen molar-refractivity contribution in [3.63, 3.8) is 0 Å². The fourth-order valence-corrected chi connectivity index (χ4v) is 7.02. The maximum atomic E-state index is 14.1. The molecule has 5 atom stereocenters. The molecule has 5 amide bonds. The maximum Gasteiger partial charge on any atom is 0.411 e. The molecule has 5 unspecified atom stereocenters. The van der Waals surface area contributed by atoms with Gasteiger partial charge < -0.3 is 29.7 Å². The van der Waals surface area contributed by atoms with Crippen LogP contribution in [0.4, 0.5) is 15.3 Å². The molecule has 0 bridgehead atoms. The molecule has 0 aromatic heterocycles. The molecule has 0 spiro atoms. The minimum Gasteiger partial charge on any atom is -0.462 e. The normalized spacial score (nSPS) is 23.7. The average molecular weight is 706 g/mol. The maximum absolute atomic E-state index is 14.1. The second-order valence-electron chi connectivity index (χ2n) is 13.3. The first-order valence-corrected chi connectivity index (χ1v) is 17.4. The van der Waals surface area contributed by atoms with Crippen LogP contribution in [-0.4, -0.2) is 98.4 Å². The van der Waals surface area contributed by atoms with Crippen LogP contribution >= 0.6 is 0 Å². The number of amides is 5. The molecule has 16 nitrogen and oxygen atoms in total.